The molecule has 4 nitrogen and oxygen atoms in total. The van der Waals surface area contributed by atoms with Crippen molar-refractivity contribution in [2.24, 2.45) is 0 Å². The Morgan fingerprint density at radius 3 is 2.52 bits per heavy atom. The number of aromatic nitrogens is 2. The second kappa shape index (κ2) is 5.61. The van der Waals surface area contributed by atoms with Gasteiger partial charge in [-0.2, -0.15) is 13.2 Å². The van der Waals surface area contributed by atoms with Gasteiger partial charge in [0.1, 0.15) is 5.82 Å². The van der Waals surface area contributed by atoms with Crippen LogP contribution in [0, 0.1) is 0 Å². The molecule has 1 unspecified atom stereocenters. The Morgan fingerprint density at radius 2 is 1.86 bits per heavy atom. The first-order valence-corrected chi connectivity index (χ1v) is 7.42. The van der Waals surface area contributed by atoms with Gasteiger partial charge in [0.25, 0.3) is 0 Å². The normalized spacial score (nSPS) is 24.0. The lowest BCUT2D eigenvalue weighted by molar-refractivity contribution is -0.141. The first-order valence-electron chi connectivity index (χ1n) is 7.04. The largest absolute Gasteiger partial charge is 0.433 e. The molecule has 3 heterocycles. The van der Waals surface area contributed by atoms with Gasteiger partial charge in [0.2, 0.25) is 5.28 Å². The summed E-state index contributed by atoms with van der Waals surface area (Å²) in [6, 6.07) is 1.38. The van der Waals surface area contributed by atoms with E-state index in [1.807, 2.05) is 4.90 Å². The van der Waals surface area contributed by atoms with Crippen LogP contribution < -0.4 is 4.90 Å². The van der Waals surface area contributed by atoms with Crippen molar-refractivity contribution in [3.63, 3.8) is 0 Å². The monoisotopic (exact) mass is 320 g/mol. The average Bonchev–Trinajstić information content (AvgIpc) is 3.08. The molecule has 2 fully saturated rings. The highest BCUT2D eigenvalue weighted by Gasteiger charge is 2.35. The fourth-order valence-corrected chi connectivity index (χ4v) is 3.25. The summed E-state index contributed by atoms with van der Waals surface area (Å²) in [5.74, 6) is 0.268. The Kier molecular flexibility index (Phi) is 3.96. The fraction of sp³-hybridized carbons (Fsp3) is 0.692. The minimum Gasteiger partial charge on any atom is -0.355 e. The highest BCUT2D eigenvalue weighted by Crippen LogP contribution is 2.32. The van der Waals surface area contributed by atoms with Gasteiger partial charge in [0, 0.05) is 25.2 Å². The molecule has 0 bridgehead atoms. The van der Waals surface area contributed by atoms with E-state index in [-0.39, 0.29) is 11.1 Å². The molecular weight excluding hydrogens is 305 g/mol. The number of nitrogens with zero attached hydrogens (tertiary/aromatic N) is 4. The molecule has 116 valence electrons. The standard InChI is InChI=1S/C13H16ClF3N4/c14-12-18-10(13(15,16)17)7-11(19-12)21-6-3-9(8-21)20-4-1-2-5-20/h7,9H,1-6,8H2. The van der Waals surface area contributed by atoms with Gasteiger partial charge in [0.05, 0.1) is 0 Å². The molecule has 0 aromatic carbocycles. The molecule has 8 heteroatoms. The van der Waals surface area contributed by atoms with E-state index in [9.17, 15) is 13.2 Å². The van der Waals surface area contributed by atoms with E-state index >= 15 is 0 Å². The molecule has 0 spiro atoms. The quantitative estimate of drug-likeness (QED) is 0.784. The third-order valence-electron chi connectivity index (χ3n) is 4.12. The van der Waals surface area contributed by atoms with Gasteiger partial charge in [-0.1, -0.05) is 0 Å². The summed E-state index contributed by atoms with van der Waals surface area (Å²) in [7, 11) is 0. The molecule has 2 aliphatic heterocycles. The van der Waals surface area contributed by atoms with Crippen molar-refractivity contribution < 1.29 is 13.2 Å². The van der Waals surface area contributed by atoms with Gasteiger partial charge >= 0.3 is 6.18 Å². The third-order valence-corrected chi connectivity index (χ3v) is 4.29. The van der Waals surface area contributed by atoms with Crippen molar-refractivity contribution in [2.75, 3.05) is 31.1 Å². The maximum absolute atomic E-state index is 12.8. The van der Waals surface area contributed by atoms with Crippen LogP contribution in [0.5, 0.6) is 0 Å². The van der Waals surface area contributed by atoms with E-state index in [0.29, 0.717) is 19.1 Å². The van der Waals surface area contributed by atoms with Crippen LogP contribution in [0.3, 0.4) is 0 Å². The third kappa shape index (κ3) is 3.23. The van der Waals surface area contributed by atoms with Crippen LogP contribution >= 0.6 is 11.6 Å². The van der Waals surface area contributed by atoms with Crippen molar-refractivity contribution in [2.45, 2.75) is 31.5 Å². The minimum absolute atomic E-state index is 0.268. The van der Waals surface area contributed by atoms with Gasteiger partial charge < -0.3 is 4.90 Å². The number of halogens is 4. The highest BCUT2D eigenvalue weighted by molar-refractivity contribution is 6.28. The van der Waals surface area contributed by atoms with Crippen molar-refractivity contribution >= 4 is 17.4 Å². The Bertz CT molecular complexity index is 517. The van der Waals surface area contributed by atoms with Crippen molar-refractivity contribution in [1.29, 1.82) is 0 Å². The topological polar surface area (TPSA) is 32.3 Å². The predicted octanol–water partition coefficient (Wildman–Crippen LogP) is 2.82. The molecule has 1 aromatic rings. The highest BCUT2D eigenvalue weighted by atomic mass is 35.5. The summed E-state index contributed by atoms with van der Waals surface area (Å²) < 4.78 is 38.3. The van der Waals surface area contributed by atoms with E-state index in [4.69, 9.17) is 11.6 Å². The average molecular weight is 321 g/mol. The number of hydrogen-bond acceptors (Lipinski definition) is 4. The number of alkyl halides is 3. The van der Waals surface area contributed by atoms with E-state index < -0.39 is 11.9 Å². The van der Waals surface area contributed by atoms with Crippen LogP contribution in [-0.4, -0.2) is 47.1 Å². The van der Waals surface area contributed by atoms with Gasteiger partial charge in [-0.15, -0.1) is 0 Å². The van der Waals surface area contributed by atoms with Crippen LogP contribution in [0.2, 0.25) is 5.28 Å². The molecule has 3 rings (SSSR count). The summed E-state index contributed by atoms with van der Waals surface area (Å²) in [6.07, 6.45) is -1.15. The maximum atomic E-state index is 12.8. The molecule has 0 amide bonds. The SMILES string of the molecule is FC(F)(F)c1cc(N2CCC(N3CCCC3)C2)nc(Cl)n1. The molecule has 1 atom stereocenters. The molecule has 0 N–H and O–H groups in total. The molecule has 0 saturated carbocycles. The zero-order valence-electron chi connectivity index (χ0n) is 11.4. The number of hydrogen-bond donors (Lipinski definition) is 0. The second-order valence-electron chi connectivity index (χ2n) is 5.51. The Balaban J connectivity index is 1.76. The van der Waals surface area contributed by atoms with E-state index in [0.717, 1.165) is 25.6 Å². The molecule has 2 saturated heterocycles. The lowest BCUT2D eigenvalue weighted by atomic mass is 10.2. The molecule has 0 aliphatic carbocycles. The molecule has 1 aromatic heterocycles. The van der Waals surface area contributed by atoms with Gasteiger partial charge in [-0.05, 0) is 44.0 Å². The summed E-state index contributed by atoms with van der Waals surface area (Å²) in [5, 5.41) is -0.357. The van der Waals surface area contributed by atoms with Gasteiger partial charge in [-0.3, -0.25) is 4.90 Å². The predicted molar refractivity (Wildman–Crippen MR) is 73.5 cm³/mol. The second-order valence-corrected chi connectivity index (χ2v) is 5.85. The summed E-state index contributed by atoms with van der Waals surface area (Å²) >= 11 is 5.64. The van der Waals surface area contributed by atoms with Crippen LogP contribution in [-0.2, 0) is 6.18 Å². The lowest BCUT2D eigenvalue weighted by Crippen LogP contribution is -2.35. The Labute approximate surface area is 125 Å². The fourth-order valence-electron chi connectivity index (χ4n) is 3.07. The number of anilines is 1. The van der Waals surface area contributed by atoms with Crippen LogP contribution in [0.1, 0.15) is 25.0 Å². The van der Waals surface area contributed by atoms with E-state index in [2.05, 4.69) is 14.9 Å². The maximum Gasteiger partial charge on any atom is 0.433 e. The summed E-state index contributed by atoms with van der Waals surface area (Å²) in [5.41, 5.74) is -0.984. The first kappa shape index (κ1) is 14.8. The zero-order valence-corrected chi connectivity index (χ0v) is 12.2. The van der Waals surface area contributed by atoms with Crippen molar-refractivity contribution in [1.82, 2.24) is 14.9 Å². The zero-order chi connectivity index (χ0) is 15.0. The number of likely N-dealkylation sites (tertiary alicyclic amines) is 1. The molecular formula is C13H16ClF3N4. The minimum atomic E-state index is -4.50. The van der Waals surface area contributed by atoms with Crippen molar-refractivity contribution in [3.8, 4) is 0 Å². The Morgan fingerprint density at radius 1 is 1.14 bits per heavy atom. The van der Waals surface area contributed by atoms with Crippen LogP contribution in [0.25, 0.3) is 0 Å². The molecule has 21 heavy (non-hydrogen) atoms. The van der Waals surface area contributed by atoms with E-state index in [1.54, 1.807) is 0 Å². The molecule has 0 radical (unpaired) electrons. The lowest BCUT2D eigenvalue weighted by Gasteiger charge is -2.24. The van der Waals surface area contributed by atoms with Crippen molar-refractivity contribution in [3.05, 3.63) is 17.0 Å². The smallest absolute Gasteiger partial charge is 0.355 e. The van der Waals surface area contributed by atoms with Gasteiger partial charge in [0.15, 0.2) is 5.69 Å². The first-order chi connectivity index (χ1) is 9.93. The van der Waals surface area contributed by atoms with Crippen LogP contribution in [0.4, 0.5) is 19.0 Å². The summed E-state index contributed by atoms with van der Waals surface area (Å²) in [6.45, 7) is 3.56. The molecule has 2 aliphatic rings. The van der Waals surface area contributed by atoms with Crippen LogP contribution in [0.15, 0.2) is 6.07 Å². The Hall–Kier alpha value is -1.08. The van der Waals surface area contributed by atoms with E-state index in [1.165, 1.54) is 12.8 Å². The summed E-state index contributed by atoms with van der Waals surface area (Å²) in [4.78, 5) is 11.5. The van der Waals surface area contributed by atoms with Gasteiger partial charge in [-0.25, -0.2) is 9.97 Å². The number of rotatable bonds is 2.